The third-order valence-electron chi connectivity index (χ3n) is 3.91. The minimum Gasteiger partial charge on any atom is -0.383 e. The molecule has 0 bridgehead atoms. The second kappa shape index (κ2) is 5.30. The molecular weight excluding hydrogens is 234 g/mol. The van der Waals surface area contributed by atoms with Crippen LogP contribution in [0.15, 0.2) is 0 Å². The maximum absolute atomic E-state index is 6.09. The molecule has 3 nitrogen and oxygen atoms in total. The number of hydrogen-bond donors (Lipinski definition) is 1. The normalized spacial score (nSPS) is 25.1. The fourth-order valence-electron chi connectivity index (χ4n) is 2.91. The highest BCUT2D eigenvalue weighted by molar-refractivity contribution is 6.33. The third-order valence-corrected chi connectivity index (χ3v) is 4.37. The lowest BCUT2D eigenvalue weighted by Crippen LogP contribution is -2.20. The van der Waals surface area contributed by atoms with E-state index in [0.717, 1.165) is 11.6 Å². The van der Waals surface area contributed by atoms with Gasteiger partial charge in [-0.2, -0.15) is 5.10 Å². The Hall–Kier alpha value is -0.700. The summed E-state index contributed by atoms with van der Waals surface area (Å²) in [6.45, 7) is 4.18. The quantitative estimate of drug-likeness (QED) is 0.889. The van der Waals surface area contributed by atoms with Gasteiger partial charge >= 0.3 is 0 Å². The maximum atomic E-state index is 6.09. The van der Waals surface area contributed by atoms with Crippen molar-refractivity contribution in [1.82, 2.24) is 9.78 Å². The minimum absolute atomic E-state index is 0.453. The number of halogens is 1. The molecule has 0 unspecified atom stereocenters. The van der Waals surface area contributed by atoms with Crippen molar-refractivity contribution in [2.24, 2.45) is 5.92 Å². The van der Waals surface area contributed by atoms with Crippen LogP contribution in [0.3, 0.4) is 0 Å². The summed E-state index contributed by atoms with van der Waals surface area (Å²) in [5, 5.41) is 5.09. The lowest BCUT2D eigenvalue weighted by atomic mass is 9.83. The van der Waals surface area contributed by atoms with Gasteiger partial charge in [0, 0.05) is 0 Å². The number of hydrogen-bond acceptors (Lipinski definition) is 2. The predicted molar refractivity (Wildman–Crippen MR) is 72.3 cm³/mol. The fraction of sp³-hybridized carbons (Fsp3) is 0.769. The first-order valence-corrected chi connectivity index (χ1v) is 7.01. The molecule has 0 radical (unpaired) electrons. The number of nitrogens with two attached hydrogens (primary N) is 1. The van der Waals surface area contributed by atoms with Crippen molar-refractivity contribution in [1.29, 1.82) is 0 Å². The van der Waals surface area contributed by atoms with E-state index < -0.39 is 0 Å². The molecule has 0 spiro atoms. The van der Waals surface area contributed by atoms with Gasteiger partial charge in [0.2, 0.25) is 0 Å². The standard InChI is InChI=1S/C13H22ClN3/c1-3-4-10-5-7-11(8-6-10)17-13(15)12(14)9(2)16-17/h10-11H,3-8,15H2,1-2H3. The molecule has 1 aromatic heterocycles. The number of nitrogen functional groups attached to an aromatic ring is 1. The van der Waals surface area contributed by atoms with Crippen molar-refractivity contribution in [3.05, 3.63) is 10.7 Å². The van der Waals surface area contributed by atoms with Crippen LogP contribution in [0.5, 0.6) is 0 Å². The molecule has 0 aromatic carbocycles. The van der Waals surface area contributed by atoms with Crippen LogP contribution in [0.25, 0.3) is 0 Å². The Bertz CT molecular complexity index is 378. The van der Waals surface area contributed by atoms with Crippen molar-refractivity contribution in [3.63, 3.8) is 0 Å². The lowest BCUT2D eigenvalue weighted by molar-refractivity contribution is 0.252. The van der Waals surface area contributed by atoms with Crippen LogP contribution in [-0.2, 0) is 0 Å². The van der Waals surface area contributed by atoms with Crippen molar-refractivity contribution in [2.45, 2.75) is 58.4 Å². The van der Waals surface area contributed by atoms with Crippen LogP contribution < -0.4 is 5.73 Å². The van der Waals surface area contributed by atoms with Crippen LogP contribution in [0.1, 0.15) is 57.2 Å². The van der Waals surface area contributed by atoms with E-state index in [-0.39, 0.29) is 0 Å². The van der Waals surface area contributed by atoms with Gasteiger partial charge in [0.25, 0.3) is 0 Å². The zero-order valence-electron chi connectivity index (χ0n) is 10.7. The Morgan fingerprint density at radius 1 is 1.35 bits per heavy atom. The van der Waals surface area contributed by atoms with Gasteiger partial charge in [-0.1, -0.05) is 31.4 Å². The van der Waals surface area contributed by atoms with Crippen molar-refractivity contribution < 1.29 is 0 Å². The summed E-state index contributed by atoms with van der Waals surface area (Å²) in [4.78, 5) is 0. The van der Waals surface area contributed by atoms with Crippen LogP contribution in [0.4, 0.5) is 5.82 Å². The van der Waals surface area contributed by atoms with E-state index in [2.05, 4.69) is 12.0 Å². The molecule has 1 fully saturated rings. The molecule has 1 saturated carbocycles. The monoisotopic (exact) mass is 255 g/mol. The smallest absolute Gasteiger partial charge is 0.141 e. The van der Waals surface area contributed by atoms with Gasteiger partial charge in [0.15, 0.2) is 0 Å². The highest BCUT2D eigenvalue weighted by atomic mass is 35.5. The van der Waals surface area contributed by atoms with Crippen LogP contribution >= 0.6 is 11.6 Å². The molecule has 0 atom stereocenters. The van der Waals surface area contributed by atoms with Gasteiger partial charge in [-0.25, -0.2) is 4.68 Å². The Morgan fingerprint density at radius 3 is 2.47 bits per heavy atom. The first-order chi connectivity index (χ1) is 8.13. The molecule has 1 heterocycles. The van der Waals surface area contributed by atoms with Gasteiger partial charge < -0.3 is 5.73 Å². The Kier molecular flexibility index (Phi) is 3.97. The number of rotatable bonds is 3. The molecule has 0 saturated heterocycles. The highest BCUT2D eigenvalue weighted by Crippen LogP contribution is 2.37. The summed E-state index contributed by atoms with van der Waals surface area (Å²) in [7, 11) is 0. The topological polar surface area (TPSA) is 43.8 Å². The number of aromatic nitrogens is 2. The van der Waals surface area contributed by atoms with Crippen molar-refractivity contribution >= 4 is 17.4 Å². The summed E-state index contributed by atoms with van der Waals surface area (Å²) < 4.78 is 1.94. The van der Waals surface area contributed by atoms with E-state index in [1.807, 2.05) is 11.6 Å². The van der Waals surface area contributed by atoms with E-state index >= 15 is 0 Å². The summed E-state index contributed by atoms with van der Waals surface area (Å²) in [5.41, 5.74) is 6.84. The van der Waals surface area contributed by atoms with Gasteiger partial charge in [-0.15, -0.1) is 0 Å². The number of nitrogens with zero attached hydrogens (tertiary/aromatic N) is 2. The molecule has 0 amide bonds. The molecule has 1 aliphatic carbocycles. The molecule has 2 rings (SSSR count). The molecule has 17 heavy (non-hydrogen) atoms. The minimum atomic E-state index is 0.453. The fourth-order valence-corrected chi connectivity index (χ4v) is 3.03. The van der Waals surface area contributed by atoms with Crippen molar-refractivity contribution in [3.8, 4) is 0 Å². The second-order valence-corrected chi connectivity index (χ2v) is 5.57. The summed E-state index contributed by atoms with van der Waals surface area (Å²) in [5.74, 6) is 1.55. The van der Waals surface area contributed by atoms with E-state index in [4.69, 9.17) is 17.3 Å². The van der Waals surface area contributed by atoms with Crippen LogP contribution in [0.2, 0.25) is 5.02 Å². The average Bonchev–Trinajstić information content (AvgIpc) is 2.59. The van der Waals surface area contributed by atoms with Crippen LogP contribution in [-0.4, -0.2) is 9.78 Å². The molecule has 1 aliphatic rings. The molecule has 96 valence electrons. The molecular formula is C13H22ClN3. The molecule has 1 aromatic rings. The Labute approximate surface area is 108 Å². The highest BCUT2D eigenvalue weighted by Gasteiger charge is 2.24. The van der Waals surface area contributed by atoms with E-state index in [0.29, 0.717) is 16.9 Å². The largest absolute Gasteiger partial charge is 0.383 e. The van der Waals surface area contributed by atoms with Gasteiger partial charge in [-0.3, -0.25) is 0 Å². The Balaban J connectivity index is 2.03. The molecule has 2 N–H and O–H groups in total. The maximum Gasteiger partial charge on any atom is 0.141 e. The number of anilines is 1. The summed E-state index contributed by atoms with van der Waals surface area (Å²) in [6.07, 6.45) is 7.63. The first kappa shape index (κ1) is 12.7. The second-order valence-electron chi connectivity index (χ2n) is 5.19. The SMILES string of the molecule is CCCC1CCC(n2nc(C)c(Cl)c2N)CC1. The van der Waals surface area contributed by atoms with E-state index in [1.165, 1.54) is 38.5 Å². The first-order valence-electron chi connectivity index (χ1n) is 6.63. The van der Waals surface area contributed by atoms with E-state index in [9.17, 15) is 0 Å². The zero-order valence-corrected chi connectivity index (χ0v) is 11.5. The average molecular weight is 256 g/mol. The summed E-state index contributed by atoms with van der Waals surface area (Å²) >= 11 is 6.09. The molecule has 0 aliphatic heterocycles. The summed E-state index contributed by atoms with van der Waals surface area (Å²) in [6, 6.07) is 0.453. The van der Waals surface area contributed by atoms with E-state index in [1.54, 1.807) is 0 Å². The zero-order chi connectivity index (χ0) is 12.4. The third kappa shape index (κ3) is 2.59. The predicted octanol–water partition coefficient (Wildman–Crippen LogP) is 3.96. The van der Waals surface area contributed by atoms with Gasteiger partial charge in [0.05, 0.1) is 11.7 Å². The molecule has 4 heteroatoms. The number of aryl methyl sites for hydroxylation is 1. The Morgan fingerprint density at radius 2 is 2.00 bits per heavy atom. The van der Waals surface area contributed by atoms with Crippen molar-refractivity contribution in [2.75, 3.05) is 5.73 Å². The van der Waals surface area contributed by atoms with Gasteiger partial charge in [-0.05, 0) is 38.5 Å². The lowest BCUT2D eigenvalue weighted by Gasteiger charge is -2.29. The van der Waals surface area contributed by atoms with Crippen LogP contribution in [0, 0.1) is 12.8 Å². The van der Waals surface area contributed by atoms with Gasteiger partial charge in [0.1, 0.15) is 10.8 Å².